The largest absolute Gasteiger partial charge is 0.494 e. The highest BCUT2D eigenvalue weighted by molar-refractivity contribution is 5.38. The Hall–Kier alpha value is -2.27. The third kappa shape index (κ3) is 3.79. The zero-order chi connectivity index (χ0) is 16.9. The molecule has 1 aliphatic carbocycles. The zero-order valence-electron chi connectivity index (χ0n) is 14.6. The first-order valence-corrected chi connectivity index (χ1v) is 8.89. The maximum atomic E-state index is 9.53. The number of nitriles is 1. The van der Waals surface area contributed by atoms with E-state index in [9.17, 15) is 5.26 Å². The van der Waals surface area contributed by atoms with Gasteiger partial charge in [-0.3, -0.25) is 0 Å². The Morgan fingerprint density at radius 1 is 1.08 bits per heavy atom. The number of nitrogens with zero attached hydrogens (tertiary/aromatic N) is 1. The first kappa shape index (κ1) is 16.6. The SMILES string of the molecule is Cc1ccc(C)c(C(C#N)CCCOc2ccc3c(c2)CCC3)c1. The molecular formula is C22H25NO. The number of hydrogen-bond donors (Lipinski definition) is 0. The van der Waals surface area contributed by atoms with Crippen molar-refractivity contribution in [3.63, 3.8) is 0 Å². The predicted molar refractivity (Wildman–Crippen MR) is 97.5 cm³/mol. The van der Waals surface area contributed by atoms with Crippen molar-refractivity contribution in [1.29, 1.82) is 5.26 Å². The van der Waals surface area contributed by atoms with Gasteiger partial charge in [-0.25, -0.2) is 0 Å². The van der Waals surface area contributed by atoms with E-state index in [1.807, 2.05) is 0 Å². The summed E-state index contributed by atoms with van der Waals surface area (Å²) in [5, 5.41) is 9.53. The molecule has 2 aromatic rings. The number of benzene rings is 2. The summed E-state index contributed by atoms with van der Waals surface area (Å²) in [6.45, 7) is 4.83. The van der Waals surface area contributed by atoms with Crippen LogP contribution in [0.15, 0.2) is 36.4 Å². The molecule has 0 fully saturated rings. The van der Waals surface area contributed by atoms with Crippen LogP contribution in [-0.2, 0) is 12.8 Å². The van der Waals surface area contributed by atoms with E-state index in [1.165, 1.54) is 41.5 Å². The minimum absolute atomic E-state index is 0.0477. The Labute approximate surface area is 145 Å². The second-order valence-corrected chi connectivity index (χ2v) is 6.82. The Morgan fingerprint density at radius 2 is 1.92 bits per heavy atom. The van der Waals surface area contributed by atoms with Crippen LogP contribution in [0.25, 0.3) is 0 Å². The lowest BCUT2D eigenvalue weighted by molar-refractivity contribution is 0.304. The molecule has 0 saturated heterocycles. The van der Waals surface area contributed by atoms with Gasteiger partial charge in [-0.2, -0.15) is 5.26 Å². The van der Waals surface area contributed by atoms with Crippen LogP contribution in [0.2, 0.25) is 0 Å². The molecule has 0 spiro atoms. The summed E-state index contributed by atoms with van der Waals surface area (Å²) in [6.07, 6.45) is 5.37. The molecule has 0 saturated carbocycles. The van der Waals surface area contributed by atoms with Gasteiger partial charge in [0.15, 0.2) is 0 Å². The number of fused-ring (bicyclic) bond motifs is 1. The molecule has 24 heavy (non-hydrogen) atoms. The minimum atomic E-state index is -0.0477. The van der Waals surface area contributed by atoms with Crippen molar-refractivity contribution in [2.45, 2.75) is 51.9 Å². The van der Waals surface area contributed by atoms with Crippen LogP contribution in [0, 0.1) is 25.2 Å². The molecule has 3 rings (SSSR count). The second kappa shape index (κ2) is 7.53. The topological polar surface area (TPSA) is 33.0 Å². The van der Waals surface area contributed by atoms with Gasteiger partial charge >= 0.3 is 0 Å². The summed E-state index contributed by atoms with van der Waals surface area (Å²) < 4.78 is 5.91. The fraction of sp³-hybridized carbons (Fsp3) is 0.409. The summed E-state index contributed by atoms with van der Waals surface area (Å²) in [5.41, 5.74) is 6.49. The van der Waals surface area contributed by atoms with Crippen LogP contribution in [0.4, 0.5) is 0 Å². The monoisotopic (exact) mass is 319 g/mol. The summed E-state index contributed by atoms with van der Waals surface area (Å²) in [4.78, 5) is 0. The van der Waals surface area contributed by atoms with Crippen LogP contribution in [-0.4, -0.2) is 6.61 Å². The van der Waals surface area contributed by atoms with Crippen LogP contribution in [0.5, 0.6) is 5.75 Å². The molecule has 124 valence electrons. The Bertz CT molecular complexity index is 757. The predicted octanol–water partition coefficient (Wildman–Crippen LogP) is 5.26. The second-order valence-electron chi connectivity index (χ2n) is 6.82. The van der Waals surface area contributed by atoms with E-state index < -0.39 is 0 Å². The fourth-order valence-corrected chi connectivity index (χ4v) is 3.54. The smallest absolute Gasteiger partial charge is 0.119 e. The molecule has 0 bridgehead atoms. The Morgan fingerprint density at radius 3 is 2.75 bits per heavy atom. The van der Waals surface area contributed by atoms with Crippen molar-refractivity contribution in [3.05, 3.63) is 64.2 Å². The number of rotatable bonds is 6. The molecule has 1 unspecified atom stereocenters. The molecule has 2 heteroatoms. The van der Waals surface area contributed by atoms with E-state index in [0.717, 1.165) is 24.2 Å². The lowest BCUT2D eigenvalue weighted by Crippen LogP contribution is -2.04. The van der Waals surface area contributed by atoms with E-state index in [4.69, 9.17) is 4.74 Å². The molecule has 0 heterocycles. The Balaban J connectivity index is 1.53. The zero-order valence-corrected chi connectivity index (χ0v) is 14.6. The van der Waals surface area contributed by atoms with Gasteiger partial charge in [-0.1, -0.05) is 29.8 Å². The summed E-state index contributed by atoms with van der Waals surface area (Å²) in [7, 11) is 0. The molecule has 2 aromatic carbocycles. The lowest BCUT2D eigenvalue weighted by Gasteiger charge is -2.14. The van der Waals surface area contributed by atoms with Crippen LogP contribution < -0.4 is 4.74 Å². The first-order chi connectivity index (χ1) is 11.7. The van der Waals surface area contributed by atoms with Crippen molar-refractivity contribution in [2.24, 2.45) is 0 Å². The van der Waals surface area contributed by atoms with Crippen molar-refractivity contribution in [3.8, 4) is 11.8 Å². The molecule has 1 atom stereocenters. The summed E-state index contributed by atoms with van der Waals surface area (Å²) in [5.74, 6) is 0.921. The van der Waals surface area contributed by atoms with E-state index in [-0.39, 0.29) is 5.92 Å². The van der Waals surface area contributed by atoms with E-state index in [1.54, 1.807) is 0 Å². The normalized spacial score (nSPS) is 14.0. The molecule has 0 amide bonds. The van der Waals surface area contributed by atoms with Gasteiger partial charge in [-0.05, 0) is 80.3 Å². The third-order valence-electron chi connectivity index (χ3n) is 4.94. The third-order valence-corrected chi connectivity index (χ3v) is 4.94. The standard InChI is InChI=1S/C22H25NO/c1-16-8-9-17(2)22(13-16)20(15-23)7-4-12-24-21-11-10-18-5-3-6-19(18)14-21/h8-11,13-14,20H,3-7,12H2,1-2H3. The van der Waals surface area contributed by atoms with Gasteiger partial charge < -0.3 is 4.74 Å². The van der Waals surface area contributed by atoms with Crippen molar-refractivity contribution in [1.82, 2.24) is 0 Å². The molecule has 1 aliphatic rings. The fourth-order valence-electron chi connectivity index (χ4n) is 3.54. The Kier molecular flexibility index (Phi) is 5.20. The van der Waals surface area contributed by atoms with E-state index in [2.05, 4.69) is 56.3 Å². The van der Waals surface area contributed by atoms with Gasteiger partial charge in [-0.15, -0.1) is 0 Å². The molecule has 0 aromatic heterocycles. The average molecular weight is 319 g/mol. The number of ether oxygens (including phenoxy) is 1. The highest BCUT2D eigenvalue weighted by atomic mass is 16.5. The minimum Gasteiger partial charge on any atom is -0.494 e. The molecular weight excluding hydrogens is 294 g/mol. The summed E-state index contributed by atoms with van der Waals surface area (Å²) in [6, 6.07) is 15.3. The average Bonchev–Trinajstić information content (AvgIpc) is 3.05. The highest BCUT2D eigenvalue weighted by Crippen LogP contribution is 2.27. The van der Waals surface area contributed by atoms with Gasteiger partial charge in [0.1, 0.15) is 5.75 Å². The highest BCUT2D eigenvalue weighted by Gasteiger charge is 2.14. The van der Waals surface area contributed by atoms with Gasteiger partial charge in [0.25, 0.3) is 0 Å². The van der Waals surface area contributed by atoms with Crippen molar-refractivity contribution < 1.29 is 4.74 Å². The van der Waals surface area contributed by atoms with Crippen LogP contribution in [0.1, 0.15) is 53.0 Å². The van der Waals surface area contributed by atoms with Gasteiger partial charge in [0.2, 0.25) is 0 Å². The summed E-state index contributed by atoms with van der Waals surface area (Å²) >= 11 is 0. The maximum absolute atomic E-state index is 9.53. The molecule has 0 radical (unpaired) electrons. The van der Waals surface area contributed by atoms with Gasteiger partial charge in [0, 0.05) is 0 Å². The maximum Gasteiger partial charge on any atom is 0.119 e. The lowest BCUT2D eigenvalue weighted by atomic mass is 9.91. The molecule has 0 N–H and O–H groups in total. The van der Waals surface area contributed by atoms with Crippen LogP contribution in [0.3, 0.4) is 0 Å². The quantitative estimate of drug-likeness (QED) is 0.680. The van der Waals surface area contributed by atoms with Crippen molar-refractivity contribution >= 4 is 0 Å². The van der Waals surface area contributed by atoms with Crippen molar-refractivity contribution in [2.75, 3.05) is 6.61 Å². The van der Waals surface area contributed by atoms with E-state index >= 15 is 0 Å². The first-order valence-electron chi connectivity index (χ1n) is 8.89. The molecule has 2 nitrogen and oxygen atoms in total. The van der Waals surface area contributed by atoms with Crippen LogP contribution >= 0.6 is 0 Å². The number of aryl methyl sites for hydroxylation is 4. The van der Waals surface area contributed by atoms with Gasteiger partial charge in [0.05, 0.1) is 18.6 Å². The van der Waals surface area contributed by atoms with E-state index in [0.29, 0.717) is 6.61 Å². The molecule has 0 aliphatic heterocycles. The number of hydrogen-bond acceptors (Lipinski definition) is 2.